The Kier molecular flexibility index (Phi) is 3.59. The highest BCUT2D eigenvalue weighted by Crippen LogP contribution is 2.35. The number of aliphatic hydroxyl groups is 1. The van der Waals surface area contributed by atoms with Crippen molar-refractivity contribution >= 4 is 11.6 Å². The number of aromatic nitrogens is 2. The first-order chi connectivity index (χ1) is 9.63. The number of benzene rings is 1. The lowest BCUT2D eigenvalue weighted by molar-refractivity contribution is 0.171. The number of hydrogen-bond donors (Lipinski definition) is 1. The minimum absolute atomic E-state index is 0.417. The fourth-order valence-corrected chi connectivity index (χ4v) is 2.65. The van der Waals surface area contributed by atoms with Gasteiger partial charge in [0.1, 0.15) is 11.9 Å². The fourth-order valence-electron chi connectivity index (χ4n) is 2.39. The molecule has 104 valence electrons. The smallest absolute Gasteiger partial charge is 0.126 e. The van der Waals surface area contributed by atoms with E-state index in [-0.39, 0.29) is 0 Å². The van der Waals surface area contributed by atoms with E-state index >= 15 is 0 Å². The summed E-state index contributed by atoms with van der Waals surface area (Å²) in [5.41, 5.74) is 3.41. The molecule has 1 aliphatic heterocycles. The lowest BCUT2D eigenvalue weighted by Gasteiger charge is -2.13. The average Bonchev–Trinajstić information content (AvgIpc) is 2.87. The van der Waals surface area contributed by atoms with Crippen LogP contribution in [0.5, 0.6) is 5.75 Å². The number of hydrogen-bond acceptors (Lipinski definition) is 4. The summed E-state index contributed by atoms with van der Waals surface area (Å²) in [6, 6.07) is 3.77. The van der Waals surface area contributed by atoms with Gasteiger partial charge in [0.05, 0.1) is 24.2 Å². The van der Waals surface area contributed by atoms with Crippen molar-refractivity contribution in [2.45, 2.75) is 25.9 Å². The van der Waals surface area contributed by atoms with Crippen LogP contribution >= 0.6 is 11.6 Å². The number of halogens is 1. The predicted octanol–water partition coefficient (Wildman–Crippen LogP) is 2.65. The molecule has 1 aromatic carbocycles. The van der Waals surface area contributed by atoms with Crippen molar-refractivity contribution in [2.75, 3.05) is 6.61 Å². The summed E-state index contributed by atoms with van der Waals surface area (Å²) < 4.78 is 5.63. The van der Waals surface area contributed by atoms with Gasteiger partial charge in [-0.25, -0.2) is 0 Å². The largest absolute Gasteiger partial charge is 0.493 e. The minimum atomic E-state index is -0.713. The van der Waals surface area contributed by atoms with Gasteiger partial charge in [0.2, 0.25) is 0 Å². The van der Waals surface area contributed by atoms with Gasteiger partial charge in [0, 0.05) is 24.1 Å². The molecule has 5 heteroatoms. The van der Waals surface area contributed by atoms with Crippen molar-refractivity contribution in [3.63, 3.8) is 0 Å². The Morgan fingerprint density at radius 2 is 2.20 bits per heavy atom. The van der Waals surface area contributed by atoms with E-state index < -0.39 is 6.10 Å². The summed E-state index contributed by atoms with van der Waals surface area (Å²) in [4.78, 5) is 8.36. The quantitative estimate of drug-likeness (QED) is 0.944. The number of ether oxygens (including phenoxy) is 1. The van der Waals surface area contributed by atoms with Gasteiger partial charge in [-0.2, -0.15) is 0 Å². The number of aliphatic hydroxyl groups excluding tert-OH is 1. The summed E-state index contributed by atoms with van der Waals surface area (Å²) in [7, 11) is 0. The molecule has 3 rings (SSSR count). The molecule has 1 atom stereocenters. The number of nitrogens with zero attached hydrogens (tertiary/aromatic N) is 2. The Balaban J connectivity index is 1.86. The Labute approximate surface area is 122 Å². The van der Waals surface area contributed by atoms with Gasteiger partial charge in [-0.3, -0.25) is 9.97 Å². The molecule has 0 radical (unpaired) electrons. The normalized spacial score (nSPS) is 14.8. The van der Waals surface area contributed by atoms with Crippen LogP contribution in [0.25, 0.3) is 0 Å². The SMILES string of the molecule is Cc1cnc(C(O)Cc2cc(Cl)cc3c2OCC3)cn1. The molecular weight excluding hydrogens is 276 g/mol. The van der Waals surface area contributed by atoms with Gasteiger partial charge in [-0.05, 0) is 30.2 Å². The van der Waals surface area contributed by atoms with Crippen molar-refractivity contribution in [2.24, 2.45) is 0 Å². The van der Waals surface area contributed by atoms with Gasteiger partial charge in [-0.15, -0.1) is 0 Å². The molecular formula is C15H15ClN2O2. The van der Waals surface area contributed by atoms with Crippen molar-refractivity contribution < 1.29 is 9.84 Å². The predicted molar refractivity (Wildman–Crippen MR) is 76.1 cm³/mol. The summed E-state index contributed by atoms with van der Waals surface area (Å²) in [6.45, 7) is 2.53. The molecule has 1 unspecified atom stereocenters. The first kappa shape index (κ1) is 13.3. The molecule has 1 N–H and O–H groups in total. The van der Waals surface area contributed by atoms with Crippen molar-refractivity contribution in [1.29, 1.82) is 0 Å². The second-order valence-corrected chi connectivity index (χ2v) is 5.39. The molecule has 0 fully saturated rings. The maximum atomic E-state index is 10.3. The van der Waals surface area contributed by atoms with Crippen molar-refractivity contribution in [1.82, 2.24) is 9.97 Å². The van der Waals surface area contributed by atoms with Gasteiger partial charge < -0.3 is 9.84 Å². The molecule has 0 saturated heterocycles. The maximum Gasteiger partial charge on any atom is 0.126 e. The van der Waals surface area contributed by atoms with Crippen LogP contribution in [-0.4, -0.2) is 21.7 Å². The van der Waals surface area contributed by atoms with Crippen LogP contribution < -0.4 is 4.74 Å². The van der Waals surface area contributed by atoms with E-state index in [4.69, 9.17) is 16.3 Å². The highest BCUT2D eigenvalue weighted by atomic mass is 35.5. The van der Waals surface area contributed by atoms with E-state index in [0.29, 0.717) is 23.7 Å². The third-order valence-corrected chi connectivity index (χ3v) is 3.60. The molecule has 4 nitrogen and oxygen atoms in total. The first-order valence-corrected chi connectivity index (χ1v) is 6.92. The van der Waals surface area contributed by atoms with Crippen molar-refractivity contribution in [3.05, 3.63) is 52.1 Å². The third-order valence-electron chi connectivity index (χ3n) is 3.38. The molecule has 0 bridgehead atoms. The molecule has 2 heterocycles. The molecule has 0 saturated carbocycles. The second kappa shape index (κ2) is 5.38. The standard InChI is InChI=1S/C15H15ClN2O2/c1-9-7-18-13(8-17-9)14(19)6-11-5-12(16)4-10-2-3-20-15(10)11/h4-5,7-8,14,19H,2-3,6H2,1H3. The van der Waals surface area contributed by atoms with Crippen LogP contribution in [0.15, 0.2) is 24.5 Å². The zero-order valence-electron chi connectivity index (χ0n) is 11.1. The molecule has 0 spiro atoms. The van der Waals surface area contributed by atoms with Gasteiger partial charge >= 0.3 is 0 Å². The Hall–Kier alpha value is -1.65. The van der Waals surface area contributed by atoms with Crippen LogP contribution in [0.1, 0.15) is 28.6 Å². The van der Waals surface area contributed by atoms with Gasteiger partial charge in [0.15, 0.2) is 0 Å². The van der Waals surface area contributed by atoms with Crippen LogP contribution in [0, 0.1) is 6.92 Å². The monoisotopic (exact) mass is 290 g/mol. The molecule has 0 aliphatic carbocycles. The van der Waals surface area contributed by atoms with E-state index in [0.717, 1.165) is 29.0 Å². The number of aryl methyl sites for hydroxylation is 1. The van der Waals surface area contributed by atoms with E-state index in [9.17, 15) is 5.11 Å². The zero-order chi connectivity index (χ0) is 14.1. The van der Waals surface area contributed by atoms with E-state index in [2.05, 4.69) is 9.97 Å². The lowest BCUT2D eigenvalue weighted by Crippen LogP contribution is -2.06. The van der Waals surface area contributed by atoms with Crippen LogP contribution in [0.4, 0.5) is 0 Å². The minimum Gasteiger partial charge on any atom is -0.493 e. The van der Waals surface area contributed by atoms with E-state index in [1.165, 1.54) is 0 Å². The van der Waals surface area contributed by atoms with Gasteiger partial charge in [0.25, 0.3) is 0 Å². The Bertz CT molecular complexity index is 629. The maximum absolute atomic E-state index is 10.3. The third kappa shape index (κ3) is 2.62. The van der Waals surface area contributed by atoms with Crippen LogP contribution in [-0.2, 0) is 12.8 Å². The highest BCUT2D eigenvalue weighted by Gasteiger charge is 2.20. The Morgan fingerprint density at radius 1 is 1.35 bits per heavy atom. The summed E-state index contributed by atoms with van der Waals surface area (Å²) in [6.07, 6.45) is 3.82. The van der Waals surface area contributed by atoms with Crippen molar-refractivity contribution in [3.8, 4) is 5.75 Å². The molecule has 1 aliphatic rings. The topological polar surface area (TPSA) is 55.2 Å². The van der Waals surface area contributed by atoms with Crippen LogP contribution in [0.2, 0.25) is 5.02 Å². The summed E-state index contributed by atoms with van der Waals surface area (Å²) in [5, 5.41) is 11.0. The molecule has 0 amide bonds. The highest BCUT2D eigenvalue weighted by molar-refractivity contribution is 6.30. The Morgan fingerprint density at radius 3 is 2.95 bits per heavy atom. The number of rotatable bonds is 3. The summed E-state index contributed by atoms with van der Waals surface area (Å²) in [5.74, 6) is 0.855. The fraction of sp³-hybridized carbons (Fsp3) is 0.333. The van der Waals surface area contributed by atoms with Crippen LogP contribution in [0.3, 0.4) is 0 Å². The molecule has 2 aromatic rings. The molecule has 20 heavy (non-hydrogen) atoms. The lowest BCUT2D eigenvalue weighted by atomic mass is 10.0. The molecule has 1 aromatic heterocycles. The summed E-state index contributed by atoms with van der Waals surface area (Å²) >= 11 is 6.11. The second-order valence-electron chi connectivity index (χ2n) is 4.95. The first-order valence-electron chi connectivity index (χ1n) is 6.54. The van der Waals surface area contributed by atoms with E-state index in [1.54, 1.807) is 12.4 Å². The van der Waals surface area contributed by atoms with Gasteiger partial charge in [-0.1, -0.05) is 11.6 Å². The number of fused-ring (bicyclic) bond motifs is 1. The van der Waals surface area contributed by atoms with E-state index in [1.807, 2.05) is 19.1 Å². The zero-order valence-corrected chi connectivity index (χ0v) is 11.9. The average molecular weight is 291 g/mol.